The van der Waals surface area contributed by atoms with Gasteiger partial charge in [0.2, 0.25) is 0 Å². The van der Waals surface area contributed by atoms with Crippen molar-refractivity contribution in [3.8, 4) is 44.5 Å². The molecule has 0 bridgehead atoms. The van der Waals surface area contributed by atoms with Crippen LogP contribution in [0.2, 0.25) is 0 Å². The van der Waals surface area contributed by atoms with E-state index in [2.05, 4.69) is 182 Å². The normalized spacial score (nSPS) is 16.7. The molecule has 238 valence electrons. The van der Waals surface area contributed by atoms with Gasteiger partial charge in [-0.1, -0.05) is 176 Å². The summed E-state index contributed by atoms with van der Waals surface area (Å²) in [5.41, 5.74) is 21.5. The average Bonchev–Trinajstić information content (AvgIpc) is 3.68. The Labute approximate surface area is 298 Å². The van der Waals surface area contributed by atoms with Crippen molar-refractivity contribution in [2.45, 2.75) is 17.8 Å². The molecule has 51 heavy (non-hydrogen) atoms. The highest BCUT2D eigenvalue weighted by molar-refractivity contribution is 6.17. The third-order valence-corrected chi connectivity index (χ3v) is 11.7. The molecule has 0 aromatic heterocycles. The minimum absolute atomic E-state index is 0.209. The largest absolute Gasteiger partial charge is 0.252 e. The minimum Gasteiger partial charge on any atom is -0.252 e. The zero-order chi connectivity index (χ0) is 33.5. The molecule has 0 N–H and O–H groups in total. The number of hydrogen-bond donors (Lipinski definition) is 0. The van der Waals surface area contributed by atoms with E-state index >= 15 is 0 Å². The molecule has 1 heteroatoms. The Balaban J connectivity index is 1.08. The van der Waals surface area contributed by atoms with Crippen molar-refractivity contribution in [3.63, 3.8) is 0 Å². The molecule has 1 nitrogen and oxygen atoms in total. The van der Waals surface area contributed by atoms with E-state index in [1.807, 2.05) is 0 Å². The molecule has 7 aromatic rings. The van der Waals surface area contributed by atoms with Gasteiger partial charge in [0.05, 0.1) is 11.1 Å². The molecular formula is C50H33N. The maximum absolute atomic E-state index is 5.43. The fourth-order valence-corrected chi connectivity index (χ4v) is 9.49. The van der Waals surface area contributed by atoms with Gasteiger partial charge in [-0.2, -0.15) is 0 Å². The zero-order valence-corrected chi connectivity index (χ0v) is 28.1. The molecule has 1 unspecified atom stereocenters. The number of aliphatic imine (C=N–C) groups is 1. The van der Waals surface area contributed by atoms with Gasteiger partial charge < -0.3 is 0 Å². The second-order valence-electron chi connectivity index (χ2n) is 14.1. The molecule has 3 aliphatic carbocycles. The first-order chi connectivity index (χ1) is 25.3. The summed E-state index contributed by atoms with van der Waals surface area (Å²) in [5, 5.41) is 0. The lowest BCUT2D eigenvalue weighted by Crippen LogP contribution is -2.26. The van der Waals surface area contributed by atoms with Gasteiger partial charge in [0.15, 0.2) is 0 Å². The van der Waals surface area contributed by atoms with Gasteiger partial charge >= 0.3 is 0 Å². The topological polar surface area (TPSA) is 12.4 Å². The van der Waals surface area contributed by atoms with Crippen LogP contribution in [0.3, 0.4) is 0 Å². The van der Waals surface area contributed by atoms with E-state index in [0.717, 1.165) is 23.4 Å². The van der Waals surface area contributed by atoms with E-state index in [4.69, 9.17) is 4.99 Å². The summed E-state index contributed by atoms with van der Waals surface area (Å²) in [4.78, 5) is 5.43. The molecule has 1 heterocycles. The molecular weight excluding hydrogens is 615 g/mol. The lowest BCUT2D eigenvalue weighted by Gasteiger charge is -2.33. The molecule has 0 amide bonds. The van der Waals surface area contributed by atoms with Crippen LogP contribution >= 0.6 is 0 Å². The van der Waals surface area contributed by atoms with Gasteiger partial charge in [-0.05, 0) is 84.8 Å². The summed E-state index contributed by atoms with van der Waals surface area (Å²) in [6.45, 7) is 0. The number of fused-ring (bicyclic) bond motifs is 14. The highest BCUT2D eigenvalue weighted by atomic mass is 14.8. The summed E-state index contributed by atoms with van der Waals surface area (Å²) < 4.78 is 0. The van der Waals surface area contributed by atoms with Crippen molar-refractivity contribution in [2.24, 2.45) is 4.99 Å². The van der Waals surface area contributed by atoms with Gasteiger partial charge in [0.1, 0.15) is 0 Å². The summed E-state index contributed by atoms with van der Waals surface area (Å²) in [6.07, 6.45) is 7.68. The lowest BCUT2D eigenvalue weighted by molar-refractivity contribution is 0.766. The number of hydrogen-bond acceptors (Lipinski definition) is 1. The van der Waals surface area contributed by atoms with Crippen LogP contribution in [-0.2, 0) is 5.41 Å². The Kier molecular flexibility index (Phi) is 6.06. The molecule has 1 atom stereocenters. The fourth-order valence-electron chi connectivity index (χ4n) is 9.49. The second kappa shape index (κ2) is 10.8. The SMILES string of the molecule is C1=CCC2C(=C1)N=C(c1ccc(-c3ccc(-c4ccccc4)cc3)cc1)c1ccc3c(c12)-c1ccccc1C31c2ccccc2-c2ccccc21. The standard InChI is InChI=1S/C50H33N/c1-2-12-32(13-3-1)33-22-24-34(25-23-33)35-26-28-36(29-27-35)49-41-30-31-45-48(47(41)40-17-7-11-21-46(40)51-49)39-16-6-10-20-44(39)50(45)42-18-8-4-14-37(42)38-15-5-9-19-43(38)50/h1-16,18-31,40H,17H2. The summed E-state index contributed by atoms with van der Waals surface area (Å²) in [7, 11) is 0. The predicted octanol–water partition coefficient (Wildman–Crippen LogP) is 12.1. The summed E-state index contributed by atoms with van der Waals surface area (Å²) in [5.74, 6) is 0.209. The quantitative estimate of drug-likeness (QED) is 0.181. The van der Waals surface area contributed by atoms with Gasteiger partial charge in [-0.3, -0.25) is 4.99 Å². The Morgan fingerprint density at radius 2 is 0.941 bits per heavy atom. The van der Waals surface area contributed by atoms with Crippen molar-refractivity contribution in [3.05, 3.63) is 227 Å². The Hall–Kier alpha value is -6.31. The maximum atomic E-state index is 5.43. The van der Waals surface area contributed by atoms with Crippen LogP contribution in [0, 0.1) is 0 Å². The van der Waals surface area contributed by atoms with Crippen molar-refractivity contribution in [1.82, 2.24) is 0 Å². The van der Waals surface area contributed by atoms with E-state index in [9.17, 15) is 0 Å². The van der Waals surface area contributed by atoms with Crippen LogP contribution in [0.15, 0.2) is 193 Å². The lowest BCUT2D eigenvalue weighted by atomic mass is 9.69. The first kappa shape index (κ1) is 28.5. The smallest absolute Gasteiger partial charge is 0.0781 e. The first-order valence-electron chi connectivity index (χ1n) is 18.0. The highest BCUT2D eigenvalue weighted by Gasteiger charge is 2.53. The third-order valence-electron chi connectivity index (χ3n) is 11.7. The van der Waals surface area contributed by atoms with E-state index in [0.29, 0.717) is 0 Å². The molecule has 7 aromatic carbocycles. The monoisotopic (exact) mass is 647 g/mol. The van der Waals surface area contributed by atoms with E-state index in [-0.39, 0.29) is 11.3 Å². The molecule has 0 radical (unpaired) electrons. The van der Waals surface area contributed by atoms with Gasteiger partial charge in [-0.25, -0.2) is 0 Å². The molecule has 0 fully saturated rings. The number of nitrogens with zero attached hydrogens (tertiary/aromatic N) is 1. The Bertz CT molecular complexity index is 2590. The first-order valence-corrected chi connectivity index (χ1v) is 18.0. The molecule has 1 aliphatic heterocycles. The number of allylic oxidation sites excluding steroid dienone is 4. The molecule has 1 spiro atoms. The summed E-state index contributed by atoms with van der Waals surface area (Å²) in [6, 6.07) is 60.6. The molecule has 0 saturated carbocycles. The van der Waals surface area contributed by atoms with Crippen LogP contribution in [0.1, 0.15) is 51.3 Å². The average molecular weight is 648 g/mol. The van der Waals surface area contributed by atoms with Crippen molar-refractivity contribution >= 4 is 5.71 Å². The zero-order valence-electron chi connectivity index (χ0n) is 28.1. The van der Waals surface area contributed by atoms with Crippen molar-refractivity contribution in [1.29, 1.82) is 0 Å². The summed E-state index contributed by atoms with van der Waals surface area (Å²) >= 11 is 0. The molecule has 0 saturated heterocycles. The van der Waals surface area contributed by atoms with E-state index < -0.39 is 0 Å². The van der Waals surface area contributed by atoms with Crippen LogP contribution in [-0.4, -0.2) is 5.71 Å². The number of benzene rings is 7. The van der Waals surface area contributed by atoms with Gasteiger partial charge in [0, 0.05) is 22.7 Å². The van der Waals surface area contributed by atoms with E-state index in [1.165, 1.54) is 77.9 Å². The van der Waals surface area contributed by atoms with Gasteiger partial charge in [0.25, 0.3) is 0 Å². The number of rotatable bonds is 3. The van der Waals surface area contributed by atoms with Crippen LogP contribution in [0.4, 0.5) is 0 Å². The third kappa shape index (κ3) is 3.95. The molecule has 11 rings (SSSR count). The van der Waals surface area contributed by atoms with E-state index in [1.54, 1.807) is 0 Å². The Morgan fingerprint density at radius 1 is 0.431 bits per heavy atom. The molecule has 4 aliphatic rings. The highest BCUT2D eigenvalue weighted by Crippen LogP contribution is 2.64. The minimum atomic E-state index is -0.352. The van der Waals surface area contributed by atoms with Crippen molar-refractivity contribution in [2.75, 3.05) is 0 Å². The predicted molar refractivity (Wildman–Crippen MR) is 210 cm³/mol. The second-order valence-corrected chi connectivity index (χ2v) is 14.1. The maximum Gasteiger partial charge on any atom is 0.0781 e. The Morgan fingerprint density at radius 3 is 1.57 bits per heavy atom. The van der Waals surface area contributed by atoms with Crippen molar-refractivity contribution < 1.29 is 0 Å². The van der Waals surface area contributed by atoms with Crippen LogP contribution in [0.5, 0.6) is 0 Å². The van der Waals surface area contributed by atoms with Gasteiger partial charge in [-0.15, -0.1) is 0 Å². The van der Waals surface area contributed by atoms with Crippen LogP contribution < -0.4 is 0 Å². The van der Waals surface area contributed by atoms with Crippen LogP contribution in [0.25, 0.3) is 44.5 Å². The fraction of sp³-hybridized carbons (Fsp3) is 0.0600.